The number of carbonyl (C=O) groups is 1. The Hall–Kier alpha value is -2.14. The Labute approximate surface area is 146 Å². The van der Waals surface area contributed by atoms with Gasteiger partial charge in [-0.05, 0) is 24.3 Å². The molecule has 0 aliphatic carbocycles. The summed E-state index contributed by atoms with van der Waals surface area (Å²) < 4.78 is 5.95. The third kappa shape index (κ3) is 4.03. The zero-order valence-electron chi connectivity index (χ0n) is 13.6. The Balaban J connectivity index is 1.54. The summed E-state index contributed by atoms with van der Waals surface area (Å²) in [6.07, 6.45) is 5.73. The number of hydrogen-bond donors (Lipinski definition) is 0. The quantitative estimate of drug-likeness (QED) is 0.852. The molecule has 1 aliphatic rings. The molecule has 5 nitrogen and oxygen atoms in total. The van der Waals surface area contributed by atoms with E-state index in [9.17, 15) is 4.79 Å². The first-order valence-corrected chi connectivity index (χ1v) is 8.56. The van der Waals surface area contributed by atoms with Gasteiger partial charge in [-0.25, -0.2) is 9.97 Å². The number of hydrogen-bond acceptors (Lipinski definition) is 4. The molecule has 3 rings (SSSR count). The van der Waals surface area contributed by atoms with Crippen molar-refractivity contribution in [3.8, 4) is 5.75 Å². The fourth-order valence-electron chi connectivity index (χ4n) is 2.71. The fraction of sp³-hybridized carbons (Fsp3) is 0.389. The molecule has 0 saturated carbocycles. The van der Waals surface area contributed by atoms with Crippen LogP contribution in [0.1, 0.15) is 35.9 Å². The van der Waals surface area contributed by atoms with Crippen molar-refractivity contribution in [2.24, 2.45) is 0 Å². The number of likely N-dealkylation sites (tertiary alicyclic amines) is 1. The van der Waals surface area contributed by atoms with Crippen molar-refractivity contribution >= 4 is 17.5 Å². The van der Waals surface area contributed by atoms with Crippen LogP contribution < -0.4 is 4.74 Å². The summed E-state index contributed by atoms with van der Waals surface area (Å²) in [6.45, 7) is 3.33. The van der Waals surface area contributed by atoms with Crippen LogP contribution >= 0.6 is 11.6 Å². The molecule has 2 aromatic rings. The predicted octanol–water partition coefficient (Wildman–Crippen LogP) is 3.38. The van der Waals surface area contributed by atoms with Gasteiger partial charge < -0.3 is 9.64 Å². The first-order valence-electron chi connectivity index (χ1n) is 8.18. The second-order valence-electron chi connectivity index (χ2n) is 5.80. The molecule has 0 bridgehead atoms. The Morgan fingerprint density at radius 2 is 1.83 bits per heavy atom. The van der Waals surface area contributed by atoms with Gasteiger partial charge in [0.15, 0.2) is 0 Å². The minimum Gasteiger partial charge on any atom is -0.490 e. The molecular weight excluding hydrogens is 326 g/mol. The molecule has 0 atom stereocenters. The van der Waals surface area contributed by atoms with Gasteiger partial charge in [0.1, 0.15) is 17.7 Å². The van der Waals surface area contributed by atoms with Crippen LogP contribution in [0.25, 0.3) is 0 Å². The highest BCUT2D eigenvalue weighted by atomic mass is 35.5. The number of aromatic nitrogens is 2. The van der Waals surface area contributed by atoms with E-state index in [0.717, 1.165) is 30.8 Å². The third-order valence-electron chi connectivity index (χ3n) is 4.11. The summed E-state index contributed by atoms with van der Waals surface area (Å²) in [5.74, 6) is 1.55. The van der Waals surface area contributed by atoms with Crippen LogP contribution in [0, 0.1) is 0 Å². The van der Waals surface area contributed by atoms with E-state index in [1.165, 1.54) is 0 Å². The monoisotopic (exact) mass is 345 g/mol. The van der Waals surface area contributed by atoms with Crippen LogP contribution in [0.15, 0.2) is 36.7 Å². The van der Waals surface area contributed by atoms with E-state index in [0.29, 0.717) is 23.7 Å². The molecule has 1 saturated heterocycles. The molecule has 1 aromatic carbocycles. The van der Waals surface area contributed by atoms with Gasteiger partial charge in [-0.1, -0.05) is 18.5 Å². The molecule has 1 amide bonds. The van der Waals surface area contributed by atoms with E-state index in [2.05, 4.69) is 9.97 Å². The summed E-state index contributed by atoms with van der Waals surface area (Å²) in [5.41, 5.74) is 0.546. The van der Waals surface area contributed by atoms with Crippen LogP contribution in [0.2, 0.25) is 5.02 Å². The van der Waals surface area contributed by atoms with E-state index in [1.807, 2.05) is 36.1 Å². The first-order chi connectivity index (χ1) is 11.7. The second kappa shape index (κ2) is 7.62. The molecule has 6 heteroatoms. The second-order valence-corrected chi connectivity index (χ2v) is 6.24. The zero-order valence-corrected chi connectivity index (χ0v) is 14.4. The SMILES string of the molecule is CCc1ncc(C(=O)N2CCC(Oc3ccc(Cl)cc3)CC2)cn1. The van der Waals surface area contributed by atoms with E-state index >= 15 is 0 Å². The lowest BCUT2D eigenvalue weighted by Crippen LogP contribution is -2.41. The maximum absolute atomic E-state index is 12.5. The number of aryl methyl sites for hydroxylation is 1. The van der Waals surface area contributed by atoms with Crippen molar-refractivity contribution in [3.05, 3.63) is 53.1 Å². The van der Waals surface area contributed by atoms with Gasteiger partial charge in [-0.3, -0.25) is 4.79 Å². The van der Waals surface area contributed by atoms with Gasteiger partial charge in [0.25, 0.3) is 5.91 Å². The fourth-order valence-corrected chi connectivity index (χ4v) is 2.84. The molecule has 1 fully saturated rings. The number of benzene rings is 1. The van der Waals surface area contributed by atoms with Crippen molar-refractivity contribution in [2.45, 2.75) is 32.3 Å². The van der Waals surface area contributed by atoms with E-state index in [-0.39, 0.29) is 12.0 Å². The normalized spacial score (nSPS) is 15.3. The first kappa shape index (κ1) is 16.7. The number of halogens is 1. The van der Waals surface area contributed by atoms with Gasteiger partial charge in [-0.15, -0.1) is 0 Å². The van der Waals surface area contributed by atoms with Crippen molar-refractivity contribution in [3.63, 3.8) is 0 Å². The number of piperidine rings is 1. The topological polar surface area (TPSA) is 55.3 Å². The predicted molar refractivity (Wildman–Crippen MR) is 92.4 cm³/mol. The van der Waals surface area contributed by atoms with Gasteiger partial charge in [0.05, 0.1) is 5.56 Å². The van der Waals surface area contributed by atoms with Crippen molar-refractivity contribution < 1.29 is 9.53 Å². The summed E-state index contributed by atoms with van der Waals surface area (Å²) >= 11 is 5.88. The highest BCUT2D eigenvalue weighted by Gasteiger charge is 2.25. The molecule has 24 heavy (non-hydrogen) atoms. The number of ether oxygens (including phenoxy) is 1. The maximum atomic E-state index is 12.5. The van der Waals surface area contributed by atoms with E-state index in [4.69, 9.17) is 16.3 Å². The average molecular weight is 346 g/mol. The summed E-state index contributed by atoms with van der Waals surface area (Å²) in [4.78, 5) is 22.7. The van der Waals surface area contributed by atoms with Crippen LogP contribution in [0.5, 0.6) is 5.75 Å². The largest absolute Gasteiger partial charge is 0.490 e. The zero-order chi connectivity index (χ0) is 16.9. The van der Waals surface area contributed by atoms with Gasteiger partial charge in [0.2, 0.25) is 0 Å². The highest BCUT2D eigenvalue weighted by Crippen LogP contribution is 2.21. The Kier molecular flexibility index (Phi) is 5.30. The minimum atomic E-state index is -0.0115. The Bertz CT molecular complexity index is 680. The summed E-state index contributed by atoms with van der Waals surface area (Å²) in [5, 5.41) is 0.694. The molecule has 1 aliphatic heterocycles. The van der Waals surface area contributed by atoms with Crippen molar-refractivity contribution in [1.29, 1.82) is 0 Å². The number of rotatable bonds is 4. The smallest absolute Gasteiger partial charge is 0.256 e. The summed E-state index contributed by atoms with van der Waals surface area (Å²) in [7, 11) is 0. The highest BCUT2D eigenvalue weighted by molar-refractivity contribution is 6.30. The van der Waals surface area contributed by atoms with Gasteiger partial charge in [0, 0.05) is 49.8 Å². The molecule has 126 valence electrons. The average Bonchev–Trinajstić information content (AvgIpc) is 2.64. The number of nitrogens with zero attached hydrogens (tertiary/aromatic N) is 3. The molecule has 0 spiro atoms. The lowest BCUT2D eigenvalue weighted by atomic mass is 10.1. The minimum absolute atomic E-state index is 0.0115. The molecule has 0 N–H and O–H groups in total. The third-order valence-corrected chi connectivity index (χ3v) is 4.37. The molecule has 0 radical (unpaired) electrons. The lowest BCUT2D eigenvalue weighted by molar-refractivity contribution is 0.0594. The van der Waals surface area contributed by atoms with Crippen LogP contribution in [-0.4, -0.2) is 40.0 Å². The molecule has 2 heterocycles. The lowest BCUT2D eigenvalue weighted by Gasteiger charge is -2.32. The number of carbonyl (C=O) groups excluding carboxylic acids is 1. The maximum Gasteiger partial charge on any atom is 0.256 e. The van der Waals surface area contributed by atoms with Crippen LogP contribution in [0.3, 0.4) is 0 Å². The van der Waals surface area contributed by atoms with E-state index in [1.54, 1.807) is 12.4 Å². The number of amides is 1. The Morgan fingerprint density at radius 3 is 2.42 bits per heavy atom. The van der Waals surface area contributed by atoms with Crippen LogP contribution in [-0.2, 0) is 6.42 Å². The van der Waals surface area contributed by atoms with Crippen molar-refractivity contribution in [2.75, 3.05) is 13.1 Å². The standard InChI is InChI=1S/C18H20ClN3O2/c1-2-17-20-11-13(12-21-17)18(23)22-9-7-16(8-10-22)24-15-5-3-14(19)4-6-15/h3-6,11-12,16H,2,7-10H2,1H3. The van der Waals surface area contributed by atoms with Gasteiger partial charge in [-0.2, -0.15) is 0 Å². The molecule has 1 aromatic heterocycles. The molecular formula is C18H20ClN3O2. The Morgan fingerprint density at radius 1 is 1.21 bits per heavy atom. The van der Waals surface area contributed by atoms with Crippen LogP contribution in [0.4, 0.5) is 0 Å². The van der Waals surface area contributed by atoms with E-state index < -0.39 is 0 Å². The molecule has 0 unspecified atom stereocenters. The van der Waals surface area contributed by atoms with Crippen molar-refractivity contribution in [1.82, 2.24) is 14.9 Å². The summed E-state index contributed by atoms with van der Waals surface area (Å²) in [6, 6.07) is 7.37. The van der Waals surface area contributed by atoms with Gasteiger partial charge >= 0.3 is 0 Å².